The van der Waals surface area contributed by atoms with Crippen LogP contribution in [0.2, 0.25) is 5.02 Å². The first kappa shape index (κ1) is 21.8. The molecule has 2 aliphatic heterocycles. The van der Waals surface area contributed by atoms with Gasteiger partial charge >= 0.3 is 5.97 Å². The van der Waals surface area contributed by atoms with Gasteiger partial charge in [0.15, 0.2) is 5.69 Å². The van der Waals surface area contributed by atoms with Crippen LogP contribution in [0, 0.1) is 6.92 Å². The van der Waals surface area contributed by atoms with Crippen LogP contribution in [-0.4, -0.2) is 83.2 Å². The molecule has 0 amide bonds. The second-order valence-corrected chi connectivity index (χ2v) is 8.79. The molecule has 4 rings (SSSR count). The van der Waals surface area contributed by atoms with Gasteiger partial charge in [-0.1, -0.05) is 11.6 Å². The van der Waals surface area contributed by atoms with Crippen LogP contribution >= 0.6 is 11.6 Å². The number of hydrogen-bond donors (Lipinski definition) is 2. The van der Waals surface area contributed by atoms with E-state index in [9.17, 15) is 9.90 Å². The quantitative estimate of drug-likeness (QED) is 0.727. The largest absolute Gasteiger partial charge is 0.476 e. The lowest BCUT2D eigenvalue weighted by Gasteiger charge is -2.43. The highest BCUT2D eigenvalue weighted by Gasteiger charge is 2.27. The molecule has 0 spiro atoms. The summed E-state index contributed by atoms with van der Waals surface area (Å²) in [7, 11) is 2.20. The summed E-state index contributed by atoms with van der Waals surface area (Å²) in [5.41, 5.74) is 3.00. The van der Waals surface area contributed by atoms with Crippen molar-refractivity contribution in [2.45, 2.75) is 25.8 Å². The predicted molar refractivity (Wildman–Crippen MR) is 123 cm³/mol. The van der Waals surface area contributed by atoms with E-state index < -0.39 is 5.97 Å². The van der Waals surface area contributed by atoms with Crippen LogP contribution in [0.1, 0.15) is 28.9 Å². The average molecular weight is 445 g/mol. The molecule has 0 bridgehead atoms. The number of nitrogens with zero attached hydrogens (tertiary/aromatic N) is 5. The maximum Gasteiger partial charge on any atom is 0.356 e. The molecule has 2 aromatic rings. The summed E-state index contributed by atoms with van der Waals surface area (Å²) >= 11 is 5.85. The number of nitrogens with one attached hydrogen (secondary N) is 1. The summed E-state index contributed by atoms with van der Waals surface area (Å²) in [6, 6.07) is 6.83. The third-order valence-electron chi connectivity index (χ3n) is 6.26. The number of hydrogen-bond acceptors (Lipinski definition) is 7. The van der Waals surface area contributed by atoms with Gasteiger partial charge in [0.25, 0.3) is 0 Å². The van der Waals surface area contributed by atoms with Crippen molar-refractivity contribution < 1.29 is 9.90 Å². The number of rotatable bonds is 5. The van der Waals surface area contributed by atoms with Crippen LogP contribution in [0.25, 0.3) is 0 Å². The molecular formula is C22H29ClN6O2. The lowest BCUT2D eigenvalue weighted by atomic mass is 10.0. The molecule has 166 valence electrons. The summed E-state index contributed by atoms with van der Waals surface area (Å²) in [4.78, 5) is 26.8. The SMILES string of the molecule is Cc1cc(Nc2ncc(Cl)c(C(=O)O)n2)ccc1N1CCC(N2CCN(C)CC2)CC1. The number of carboxylic acid groups (broad SMARTS) is 1. The molecule has 2 N–H and O–H groups in total. The number of aromatic carboxylic acids is 1. The number of likely N-dealkylation sites (N-methyl/N-ethyl adjacent to an activating group) is 1. The molecule has 0 saturated carbocycles. The highest BCUT2D eigenvalue weighted by atomic mass is 35.5. The number of carboxylic acids is 1. The van der Waals surface area contributed by atoms with Crippen LogP contribution < -0.4 is 10.2 Å². The van der Waals surface area contributed by atoms with Gasteiger partial charge in [0.05, 0.1) is 11.2 Å². The normalized spacial score (nSPS) is 18.9. The van der Waals surface area contributed by atoms with Crippen molar-refractivity contribution in [2.24, 2.45) is 0 Å². The van der Waals surface area contributed by atoms with Crippen LogP contribution in [0.15, 0.2) is 24.4 Å². The fraction of sp³-hybridized carbons (Fsp3) is 0.500. The Hall–Kier alpha value is -2.42. The number of piperidine rings is 1. The van der Waals surface area contributed by atoms with Crippen molar-refractivity contribution in [3.63, 3.8) is 0 Å². The smallest absolute Gasteiger partial charge is 0.356 e. The molecule has 2 fully saturated rings. The Balaban J connectivity index is 1.38. The maximum absolute atomic E-state index is 11.2. The summed E-state index contributed by atoms with van der Waals surface area (Å²) in [5.74, 6) is -0.969. The average Bonchev–Trinajstić information content (AvgIpc) is 2.76. The Morgan fingerprint density at radius 3 is 2.52 bits per heavy atom. The van der Waals surface area contributed by atoms with E-state index in [0.717, 1.165) is 24.3 Å². The van der Waals surface area contributed by atoms with Crippen molar-refractivity contribution in [3.8, 4) is 0 Å². The summed E-state index contributed by atoms with van der Waals surface area (Å²) < 4.78 is 0. The van der Waals surface area contributed by atoms with E-state index in [4.69, 9.17) is 11.6 Å². The Morgan fingerprint density at radius 2 is 1.87 bits per heavy atom. The highest BCUT2D eigenvalue weighted by molar-refractivity contribution is 6.33. The second kappa shape index (κ2) is 9.38. The monoisotopic (exact) mass is 444 g/mol. The standard InChI is InChI=1S/C22H29ClN6O2/c1-15-13-16(25-22-24-14-18(23)20(26-22)21(30)31)3-4-19(15)29-7-5-17(6-8-29)28-11-9-27(2)10-12-28/h3-4,13-14,17H,5-12H2,1-2H3,(H,30,31)(H,24,25,26). The van der Waals surface area contributed by atoms with E-state index in [1.54, 1.807) is 0 Å². The van der Waals surface area contributed by atoms with Crippen molar-refractivity contribution in [1.29, 1.82) is 0 Å². The van der Waals surface area contributed by atoms with Gasteiger partial charge in [0.2, 0.25) is 5.95 Å². The molecule has 1 aromatic heterocycles. The molecule has 2 saturated heterocycles. The second-order valence-electron chi connectivity index (χ2n) is 8.38. The molecule has 2 aliphatic rings. The minimum atomic E-state index is -1.18. The van der Waals surface area contributed by atoms with E-state index in [1.165, 1.54) is 50.9 Å². The third kappa shape index (κ3) is 5.08. The van der Waals surface area contributed by atoms with Crippen LogP contribution in [0.4, 0.5) is 17.3 Å². The predicted octanol–water partition coefficient (Wildman–Crippen LogP) is 3.10. The van der Waals surface area contributed by atoms with Gasteiger partial charge in [-0.3, -0.25) is 4.90 Å². The van der Waals surface area contributed by atoms with Crippen LogP contribution in [0.3, 0.4) is 0 Å². The minimum Gasteiger partial charge on any atom is -0.476 e. The molecule has 1 aromatic carbocycles. The third-order valence-corrected chi connectivity index (χ3v) is 6.54. The first-order chi connectivity index (χ1) is 14.9. The summed E-state index contributed by atoms with van der Waals surface area (Å²) in [6.07, 6.45) is 3.69. The molecule has 31 heavy (non-hydrogen) atoms. The Kier molecular flexibility index (Phi) is 6.60. The number of anilines is 3. The van der Waals surface area contributed by atoms with Gasteiger partial charge in [0, 0.05) is 56.7 Å². The van der Waals surface area contributed by atoms with E-state index in [-0.39, 0.29) is 16.7 Å². The van der Waals surface area contributed by atoms with Crippen molar-refractivity contribution >= 4 is 34.9 Å². The van der Waals surface area contributed by atoms with Crippen molar-refractivity contribution in [3.05, 3.63) is 40.7 Å². The molecule has 0 radical (unpaired) electrons. The van der Waals surface area contributed by atoms with Crippen LogP contribution in [-0.2, 0) is 0 Å². The van der Waals surface area contributed by atoms with Crippen molar-refractivity contribution in [1.82, 2.24) is 19.8 Å². The molecule has 8 nitrogen and oxygen atoms in total. The lowest BCUT2D eigenvalue weighted by molar-refractivity contribution is 0.0690. The van der Waals surface area contributed by atoms with E-state index in [2.05, 4.69) is 50.0 Å². The van der Waals surface area contributed by atoms with Gasteiger partial charge in [0.1, 0.15) is 0 Å². The zero-order valence-electron chi connectivity index (χ0n) is 18.0. The van der Waals surface area contributed by atoms with Gasteiger partial charge < -0.3 is 20.2 Å². The lowest BCUT2D eigenvalue weighted by Crippen LogP contribution is -2.52. The Bertz CT molecular complexity index is 940. The van der Waals surface area contributed by atoms with E-state index in [0.29, 0.717) is 6.04 Å². The zero-order valence-corrected chi connectivity index (χ0v) is 18.8. The van der Waals surface area contributed by atoms with E-state index in [1.807, 2.05) is 12.1 Å². The number of aryl methyl sites for hydroxylation is 1. The fourth-order valence-electron chi connectivity index (χ4n) is 4.45. The molecule has 0 aliphatic carbocycles. The molecule has 3 heterocycles. The number of benzene rings is 1. The van der Waals surface area contributed by atoms with Crippen molar-refractivity contribution in [2.75, 3.05) is 56.5 Å². The molecule has 9 heteroatoms. The zero-order chi connectivity index (χ0) is 22.0. The number of piperazine rings is 1. The van der Waals surface area contributed by atoms with E-state index >= 15 is 0 Å². The summed E-state index contributed by atoms with van der Waals surface area (Å²) in [5, 5.41) is 12.3. The summed E-state index contributed by atoms with van der Waals surface area (Å²) in [6.45, 7) is 8.91. The maximum atomic E-state index is 11.2. The molecular weight excluding hydrogens is 416 g/mol. The fourth-order valence-corrected chi connectivity index (χ4v) is 4.63. The first-order valence-electron chi connectivity index (χ1n) is 10.7. The molecule has 0 unspecified atom stereocenters. The van der Waals surface area contributed by atoms with Gasteiger partial charge in [-0.05, 0) is 50.6 Å². The molecule has 0 atom stereocenters. The Morgan fingerprint density at radius 1 is 1.16 bits per heavy atom. The minimum absolute atomic E-state index is 0.0181. The van der Waals surface area contributed by atoms with Gasteiger partial charge in [-0.25, -0.2) is 14.8 Å². The number of carbonyl (C=O) groups is 1. The van der Waals surface area contributed by atoms with Crippen LogP contribution in [0.5, 0.6) is 0 Å². The highest BCUT2D eigenvalue weighted by Crippen LogP contribution is 2.29. The topological polar surface area (TPSA) is 84.8 Å². The number of halogens is 1. The van der Waals surface area contributed by atoms with Gasteiger partial charge in [-0.2, -0.15) is 0 Å². The van der Waals surface area contributed by atoms with Gasteiger partial charge in [-0.15, -0.1) is 0 Å². The first-order valence-corrected chi connectivity index (χ1v) is 11.1. The Labute approximate surface area is 187 Å². The number of aromatic nitrogens is 2.